The average Bonchev–Trinajstić information content (AvgIpc) is 3.58. The van der Waals surface area contributed by atoms with Crippen LogP contribution in [0.25, 0.3) is 0 Å². The summed E-state index contributed by atoms with van der Waals surface area (Å²) in [5.41, 5.74) is 2.49. The van der Waals surface area contributed by atoms with Crippen molar-refractivity contribution in [2.24, 2.45) is 5.92 Å². The van der Waals surface area contributed by atoms with Crippen LogP contribution in [0, 0.1) is 5.92 Å². The number of thioether (sulfide) groups is 1. The molecule has 4 rings (SSSR count). The monoisotopic (exact) mass is 398 g/mol. The summed E-state index contributed by atoms with van der Waals surface area (Å²) < 4.78 is 2.30. The summed E-state index contributed by atoms with van der Waals surface area (Å²) in [4.78, 5) is 12.5. The van der Waals surface area contributed by atoms with Crippen LogP contribution in [-0.4, -0.2) is 26.4 Å². The Hall–Kier alpha value is -1.82. The van der Waals surface area contributed by atoms with Crippen LogP contribution in [0.4, 0.5) is 0 Å². The molecule has 6 heteroatoms. The van der Waals surface area contributed by atoms with Crippen LogP contribution >= 0.6 is 11.8 Å². The molecule has 1 aromatic carbocycles. The number of aromatic nitrogens is 3. The van der Waals surface area contributed by atoms with E-state index in [1.807, 2.05) is 6.92 Å². The first-order chi connectivity index (χ1) is 13.5. The molecule has 0 spiro atoms. The van der Waals surface area contributed by atoms with Gasteiger partial charge >= 0.3 is 0 Å². The zero-order chi connectivity index (χ0) is 19.7. The van der Waals surface area contributed by atoms with Crippen molar-refractivity contribution in [3.8, 4) is 0 Å². The lowest BCUT2D eigenvalue weighted by atomic mass is 10.00. The number of amides is 1. The molecule has 1 aromatic heterocycles. The molecule has 1 atom stereocenters. The molecule has 2 saturated carbocycles. The first kappa shape index (κ1) is 19.5. The third-order valence-electron chi connectivity index (χ3n) is 5.38. The van der Waals surface area contributed by atoms with Crippen molar-refractivity contribution < 1.29 is 4.79 Å². The summed E-state index contributed by atoms with van der Waals surface area (Å²) >= 11 is 1.51. The topological polar surface area (TPSA) is 59.8 Å². The molecule has 1 N–H and O–H groups in total. The summed E-state index contributed by atoms with van der Waals surface area (Å²) in [6.07, 6.45) is 5.96. The Balaban J connectivity index is 1.31. The van der Waals surface area contributed by atoms with Crippen molar-refractivity contribution in [2.45, 2.75) is 76.0 Å². The van der Waals surface area contributed by atoms with Gasteiger partial charge in [0.1, 0.15) is 5.82 Å². The van der Waals surface area contributed by atoms with Crippen LogP contribution in [-0.2, 0) is 11.2 Å². The average molecular weight is 399 g/mol. The lowest BCUT2D eigenvalue weighted by Gasteiger charge is -2.15. The van der Waals surface area contributed by atoms with E-state index in [-0.39, 0.29) is 11.9 Å². The van der Waals surface area contributed by atoms with Crippen molar-refractivity contribution in [1.82, 2.24) is 20.1 Å². The zero-order valence-electron chi connectivity index (χ0n) is 17.0. The third kappa shape index (κ3) is 4.77. The van der Waals surface area contributed by atoms with Crippen molar-refractivity contribution in [1.29, 1.82) is 0 Å². The predicted octanol–water partition coefficient (Wildman–Crippen LogP) is 4.66. The van der Waals surface area contributed by atoms with Crippen molar-refractivity contribution in [3.63, 3.8) is 0 Å². The quantitative estimate of drug-likeness (QED) is 0.624. The van der Waals surface area contributed by atoms with Gasteiger partial charge in [-0.05, 0) is 56.1 Å². The molecule has 1 heterocycles. The van der Waals surface area contributed by atoms with Gasteiger partial charge in [-0.3, -0.25) is 4.79 Å². The second-order valence-electron chi connectivity index (χ2n) is 8.63. The highest BCUT2D eigenvalue weighted by Gasteiger charge is 2.36. The van der Waals surface area contributed by atoms with Crippen molar-refractivity contribution in [2.75, 3.05) is 5.75 Å². The highest BCUT2D eigenvalue weighted by molar-refractivity contribution is 7.99. The van der Waals surface area contributed by atoms with Gasteiger partial charge in [0, 0.05) is 12.0 Å². The molecule has 0 bridgehead atoms. The Morgan fingerprint density at radius 3 is 2.46 bits per heavy atom. The number of nitrogens with zero attached hydrogens (tertiary/aromatic N) is 3. The molecule has 0 saturated heterocycles. The van der Waals surface area contributed by atoms with Gasteiger partial charge in [0.05, 0.1) is 11.8 Å². The highest BCUT2D eigenvalue weighted by Crippen LogP contribution is 2.45. The summed E-state index contributed by atoms with van der Waals surface area (Å²) in [5.74, 6) is 2.81. The fourth-order valence-corrected chi connectivity index (χ4v) is 4.42. The van der Waals surface area contributed by atoms with Gasteiger partial charge in [0.2, 0.25) is 5.91 Å². The molecule has 28 heavy (non-hydrogen) atoms. The number of hydrogen-bond acceptors (Lipinski definition) is 4. The van der Waals surface area contributed by atoms with Crippen LogP contribution in [0.5, 0.6) is 0 Å². The van der Waals surface area contributed by atoms with Crippen LogP contribution in [0.15, 0.2) is 29.4 Å². The maximum Gasteiger partial charge on any atom is 0.230 e. The second-order valence-corrected chi connectivity index (χ2v) is 9.58. The molecular weight excluding hydrogens is 368 g/mol. The van der Waals surface area contributed by atoms with Gasteiger partial charge in [-0.1, -0.05) is 49.9 Å². The number of carbonyl (C=O) groups is 1. The van der Waals surface area contributed by atoms with E-state index in [4.69, 9.17) is 0 Å². The molecule has 5 nitrogen and oxygen atoms in total. The number of benzene rings is 1. The zero-order valence-corrected chi connectivity index (χ0v) is 17.8. The first-order valence-corrected chi connectivity index (χ1v) is 11.5. The van der Waals surface area contributed by atoms with Gasteiger partial charge in [-0.15, -0.1) is 10.2 Å². The molecule has 0 aliphatic heterocycles. The van der Waals surface area contributed by atoms with Gasteiger partial charge in [-0.2, -0.15) is 0 Å². The fraction of sp³-hybridized carbons (Fsp3) is 0.591. The van der Waals surface area contributed by atoms with E-state index < -0.39 is 0 Å². The Kier molecular flexibility index (Phi) is 5.76. The van der Waals surface area contributed by atoms with Crippen LogP contribution in [0.3, 0.4) is 0 Å². The molecule has 0 unspecified atom stereocenters. The lowest BCUT2D eigenvalue weighted by molar-refractivity contribution is -0.119. The van der Waals surface area contributed by atoms with E-state index in [2.05, 4.69) is 58.2 Å². The third-order valence-corrected chi connectivity index (χ3v) is 6.32. The Morgan fingerprint density at radius 1 is 1.14 bits per heavy atom. The molecular formula is C22H30N4OS. The van der Waals surface area contributed by atoms with E-state index in [0.29, 0.717) is 23.6 Å². The predicted molar refractivity (Wildman–Crippen MR) is 113 cm³/mol. The van der Waals surface area contributed by atoms with Crippen LogP contribution in [0.1, 0.15) is 81.4 Å². The minimum Gasteiger partial charge on any atom is -0.349 e. The maximum absolute atomic E-state index is 12.5. The summed E-state index contributed by atoms with van der Waals surface area (Å²) in [5, 5.41) is 12.8. The lowest BCUT2D eigenvalue weighted by Crippen LogP contribution is -2.28. The van der Waals surface area contributed by atoms with Gasteiger partial charge < -0.3 is 9.88 Å². The van der Waals surface area contributed by atoms with Gasteiger partial charge in [0.15, 0.2) is 5.16 Å². The normalized spacial score (nSPS) is 17.7. The van der Waals surface area contributed by atoms with Crippen LogP contribution < -0.4 is 5.32 Å². The van der Waals surface area contributed by atoms with Crippen molar-refractivity contribution >= 4 is 17.7 Å². The molecule has 2 fully saturated rings. The van der Waals surface area contributed by atoms with Gasteiger partial charge in [-0.25, -0.2) is 0 Å². The number of nitrogens with one attached hydrogen (secondary N) is 1. The molecule has 2 aliphatic rings. The first-order valence-electron chi connectivity index (χ1n) is 10.5. The van der Waals surface area contributed by atoms with Gasteiger partial charge in [0.25, 0.3) is 0 Å². The van der Waals surface area contributed by atoms with E-state index >= 15 is 0 Å². The highest BCUT2D eigenvalue weighted by atomic mass is 32.2. The number of rotatable bonds is 9. The molecule has 1 amide bonds. The number of hydrogen-bond donors (Lipinski definition) is 1. The summed E-state index contributed by atoms with van der Waals surface area (Å²) in [6.45, 7) is 6.50. The Morgan fingerprint density at radius 2 is 1.86 bits per heavy atom. The molecule has 0 radical (unpaired) electrons. The minimum absolute atomic E-state index is 0.00419. The second kappa shape index (κ2) is 8.27. The maximum atomic E-state index is 12.5. The largest absolute Gasteiger partial charge is 0.349 e. The van der Waals surface area contributed by atoms with Crippen LogP contribution in [0.2, 0.25) is 0 Å². The Labute approximate surface area is 171 Å². The van der Waals surface area contributed by atoms with E-state index in [1.54, 1.807) is 0 Å². The fourth-order valence-electron chi connectivity index (χ4n) is 3.59. The standard InChI is InChI=1S/C22H30N4OS/c1-14(2)12-16-4-6-17(7-5-16)15(3)23-20(27)13-28-22-25-24-21(18-8-9-18)26(22)19-10-11-19/h4-7,14-15,18-19H,8-13H2,1-3H3,(H,23,27)/t15-/m1/s1. The summed E-state index contributed by atoms with van der Waals surface area (Å²) in [6, 6.07) is 9.15. The molecule has 2 aliphatic carbocycles. The van der Waals surface area contributed by atoms with E-state index in [1.165, 1.54) is 43.0 Å². The smallest absolute Gasteiger partial charge is 0.230 e. The minimum atomic E-state index is 0.00419. The SMILES string of the molecule is CC(C)Cc1ccc([C@@H](C)NC(=O)CSc2nnc(C3CC3)n2C2CC2)cc1. The molecule has 2 aromatic rings. The molecule has 150 valence electrons. The Bertz CT molecular complexity index is 822. The van der Waals surface area contributed by atoms with Crippen molar-refractivity contribution in [3.05, 3.63) is 41.2 Å². The van der Waals surface area contributed by atoms with E-state index in [9.17, 15) is 4.79 Å². The van der Waals surface area contributed by atoms with E-state index in [0.717, 1.165) is 23.0 Å². The number of carbonyl (C=O) groups excluding carboxylic acids is 1. The summed E-state index contributed by atoms with van der Waals surface area (Å²) in [7, 11) is 0.